The lowest BCUT2D eigenvalue weighted by atomic mass is 10.3. The van der Waals surface area contributed by atoms with Crippen molar-refractivity contribution in [3.63, 3.8) is 0 Å². The number of hydrogen-bond donors (Lipinski definition) is 1. The van der Waals surface area contributed by atoms with E-state index in [2.05, 4.69) is 19.2 Å². The van der Waals surface area contributed by atoms with E-state index in [1.807, 2.05) is 37.4 Å². The van der Waals surface area contributed by atoms with Crippen LogP contribution in [0.4, 0.5) is 5.69 Å². The summed E-state index contributed by atoms with van der Waals surface area (Å²) in [5.41, 5.74) is 1.16. The first-order chi connectivity index (χ1) is 5.35. The van der Waals surface area contributed by atoms with Crippen molar-refractivity contribution in [3.05, 3.63) is 30.3 Å². The summed E-state index contributed by atoms with van der Waals surface area (Å²) in [6, 6.07) is 10.1. The highest BCUT2D eigenvalue weighted by molar-refractivity contribution is 5.41. The normalized spacial score (nSPS) is 7.25. The van der Waals surface area contributed by atoms with Crippen LogP contribution >= 0.6 is 0 Å². The Morgan fingerprint density at radius 1 is 1.08 bits per heavy atom. The molecule has 1 N–H and O–H groups in total. The van der Waals surface area contributed by atoms with E-state index >= 15 is 0 Å². The second kappa shape index (κ2) is 10.0. The number of para-hydroxylation sites is 1. The summed E-state index contributed by atoms with van der Waals surface area (Å²) < 4.78 is 0. The molecule has 1 rings (SSSR count). The molecule has 0 amide bonds. The summed E-state index contributed by atoms with van der Waals surface area (Å²) in [5, 5.41) is 3.03. The molecule has 0 saturated heterocycles. The van der Waals surface area contributed by atoms with E-state index < -0.39 is 0 Å². The fourth-order valence-electron chi connectivity index (χ4n) is 0.605. The first-order valence-electron chi connectivity index (χ1n) is 4.07. The Kier molecular flexibility index (Phi) is 11.4. The summed E-state index contributed by atoms with van der Waals surface area (Å²) in [7, 11) is 1.91. The maximum atomic E-state index is 3.03. The largest absolute Gasteiger partial charge is 0.388 e. The monoisotopic (exact) mass is 167 g/mol. The first kappa shape index (κ1) is 13.6. The zero-order valence-electron chi connectivity index (χ0n) is 7.59. The highest BCUT2D eigenvalue weighted by Crippen LogP contribution is 2.01. The summed E-state index contributed by atoms with van der Waals surface area (Å²) in [4.78, 5) is 0. The third-order valence-electron chi connectivity index (χ3n) is 1.06. The molecule has 0 atom stereocenters. The molecular weight excluding hydrogens is 146 g/mol. The average Bonchev–Trinajstić information content (AvgIpc) is 2.08. The number of anilines is 1. The van der Waals surface area contributed by atoms with Gasteiger partial charge in [-0.05, 0) is 12.1 Å². The maximum absolute atomic E-state index is 3.03. The lowest BCUT2D eigenvalue weighted by molar-refractivity contribution is 1.09. The molecule has 12 heavy (non-hydrogen) atoms. The van der Waals surface area contributed by atoms with E-state index in [0.717, 1.165) is 5.69 Å². The van der Waals surface area contributed by atoms with Crippen LogP contribution in [0.3, 0.4) is 0 Å². The smallest absolute Gasteiger partial charge is 0.0337 e. The van der Waals surface area contributed by atoms with Crippen LogP contribution in [0, 0.1) is 0 Å². The SMILES string of the molecule is C.CCC.CNc1ccccc1. The molecule has 0 aromatic heterocycles. The van der Waals surface area contributed by atoms with Gasteiger partial charge in [0.05, 0.1) is 0 Å². The highest BCUT2D eigenvalue weighted by Gasteiger charge is 1.77. The van der Waals surface area contributed by atoms with Crippen LogP contribution in [-0.4, -0.2) is 7.05 Å². The third-order valence-corrected chi connectivity index (χ3v) is 1.06. The first-order valence-corrected chi connectivity index (χ1v) is 4.07. The van der Waals surface area contributed by atoms with Crippen molar-refractivity contribution < 1.29 is 0 Å². The van der Waals surface area contributed by atoms with E-state index in [1.54, 1.807) is 0 Å². The topological polar surface area (TPSA) is 12.0 Å². The van der Waals surface area contributed by atoms with E-state index in [-0.39, 0.29) is 7.43 Å². The lowest BCUT2D eigenvalue weighted by Gasteiger charge is -1.94. The van der Waals surface area contributed by atoms with Crippen LogP contribution in [0.25, 0.3) is 0 Å². The minimum absolute atomic E-state index is 0. The predicted octanol–water partition coefficient (Wildman–Crippen LogP) is 3.78. The van der Waals surface area contributed by atoms with Gasteiger partial charge in [-0.1, -0.05) is 45.9 Å². The van der Waals surface area contributed by atoms with Gasteiger partial charge in [-0.2, -0.15) is 0 Å². The molecule has 0 saturated carbocycles. The zero-order chi connectivity index (χ0) is 8.53. The summed E-state index contributed by atoms with van der Waals surface area (Å²) in [6.45, 7) is 4.25. The van der Waals surface area contributed by atoms with E-state index in [0.29, 0.717) is 0 Å². The Balaban J connectivity index is 0. The van der Waals surface area contributed by atoms with Gasteiger partial charge < -0.3 is 5.32 Å². The number of hydrogen-bond acceptors (Lipinski definition) is 1. The van der Waals surface area contributed by atoms with Gasteiger partial charge in [0.25, 0.3) is 0 Å². The molecule has 0 aliphatic rings. The molecule has 0 bridgehead atoms. The molecule has 70 valence electrons. The summed E-state index contributed by atoms with van der Waals surface area (Å²) in [6.07, 6.45) is 1.25. The molecule has 0 radical (unpaired) electrons. The van der Waals surface area contributed by atoms with Crippen molar-refractivity contribution >= 4 is 5.69 Å². The molecule has 0 heterocycles. The molecule has 1 aromatic rings. The van der Waals surface area contributed by atoms with Crippen molar-refractivity contribution in [2.75, 3.05) is 12.4 Å². The Morgan fingerprint density at radius 3 is 1.75 bits per heavy atom. The maximum Gasteiger partial charge on any atom is 0.0337 e. The van der Waals surface area contributed by atoms with Gasteiger partial charge in [0, 0.05) is 12.7 Å². The molecule has 0 fully saturated rings. The molecule has 1 nitrogen and oxygen atoms in total. The van der Waals surface area contributed by atoms with Crippen LogP contribution in [0.15, 0.2) is 30.3 Å². The van der Waals surface area contributed by atoms with Crippen molar-refractivity contribution in [2.24, 2.45) is 0 Å². The Morgan fingerprint density at radius 2 is 1.50 bits per heavy atom. The van der Waals surface area contributed by atoms with Gasteiger partial charge in [-0.15, -0.1) is 0 Å². The van der Waals surface area contributed by atoms with Gasteiger partial charge in [0.2, 0.25) is 0 Å². The lowest BCUT2D eigenvalue weighted by Crippen LogP contribution is -1.84. The molecule has 0 aliphatic carbocycles. The molecular formula is C11H21N. The van der Waals surface area contributed by atoms with Gasteiger partial charge in [-0.3, -0.25) is 0 Å². The average molecular weight is 167 g/mol. The van der Waals surface area contributed by atoms with Gasteiger partial charge in [0.1, 0.15) is 0 Å². The highest BCUT2D eigenvalue weighted by atomic mass is 14.8. The van der Waals surface area contributed by atoms with Crippen LogP contribution in [0.5, 0.6) is 0 Å². The molecule has 0 aliphatic heterocycles. The Bertz CT molecular complexity index is 158. The number of benzene rings is 1. The zero-order valence-corrected chi connectivity index (χ0v) is 7.59. The molecule has 1 aromatic carbocycles. The number of rotatable bonds is 1. The van der Waals surface area contributed by atoms with Gasteiger partial charge in [-0.25, -0.2) is 0 Å². The van der Waals surface area contributed by atoms with E-state index in [1.165, 1.54) is 6.42 Å². The van der Waals surface area contributed by atoms with Crippen molar-refractivity contribution in [3.8, 4) is 0 Å². The van der Waals surface area contributed by atoms with Crippen molar-refractivity contribution in [1.82, 2.24) is 0 Å². The Hall–Kier alpha value is -0.980. The quantitative estimate of drug-likeness (QED) is 0.671. The van der Waals surface area contributed by atoms with Gasteiger partial charge >= 0.3 is 0 Å². The fraction of sp³-hybridized carbons (Fsp3) is 0.455. The molecule has 0 spiro atoms. The third kappa shape index (κ3) is 7.13. The standard InChI is InChI=1S/C7H9N.C3H8.CH4/c1-8-7-5-3-2-4-6-7;1-3-2;/h2-6,8H,1H3;3H2,1-2H3;1H4. The van der Waals surface area contributed by atoms with Crippen LogP contribution < -0.4 is 5.32 Å². The van der Waals surface area contributed by atoms with Crippen LogP contribution in [0.1, 0.15) is 27.7 Å². The fourth-order valence-corrected chi connectivity index (χ4v) is 0.605. The van der Waals surface area contributed by atoms with Crippen LogP contribution in [0.2, 0.25) is 0 Å². The number of nitrogens with one attached hydrogen (secondary N) is 1. The van der Waals surface area contributed by atoms with Gasteiger partial charge in [0.15, 0.2) is 0 Å². The van der Waals surface area contributed by atoms with E-state index in [9.17, 15) is 0 Å². The Labute approximate surface area is 76.8 Å². The summed E-state index contributed by atoms with van der Waals surface area (Å²) in [5.74, 6) is 0. The van der Waals surface area contributed by atoms with Crippen molar-refractivity contribution in [1.29, 1.82) is 0 Å². The summed E-state index contributed by atoms with van der Waals surface area (Å²) >= 11 is 0. The molecule has 0 unspecified atom stereocenters. The minimum atomic E-state index is 0. The molecule has 1 heteroatoms. The van der Waals surface area contributed by atoms with Crippen molar-refractivity contribution in [2.45, 2.75) is 27.7 Å². The predicted molar refractivity (Wildman–Crippen MR) is 58.7 cm³/mol. The van der Waals surface area contributed by atoms with E-state index in [4.69, 9.17) is 0 Å². The minimum Gasteiger partial charge on any atom is -0.388 e. The second-order valence-electron chi connectivity index (χ2n) is 2.32. The van der Waals surface area contributed by atoms with Crippen LogP contribution in [-0.2, 0) is 0 Å². The second-order valence-corrected chi connectivity index (χ2v) is 2.32.